The number of rotatable bonds is 3. The van der Waals surface area contributed by atoms with E-state index in [1.54, 1.807) is 5.57 Å². The summed E-state index contributed by atoms with van der Waals surface area (Å²) in [6, 6.07) is 0. The van der Waals surface area contributed by atoms with Crippen molar-refractivity contribution in [2.75, 3.05) is 0 Å². The summed E-state index contributed by atoms with van der Waals surface area (Å²) in [7, 11) is 6.39. The summed E-state index contributed by atoms with van der Waals surface area (Å²) in [5.74, 6) is 2.63. The molecule has 2 saturated carbocycles. The molecule has 0 aromatic heterocycles. The van der Waals surface area contributed by atoms with Crippen molar-refractivity contribution in [2.24, 2.45) is 17.8 Å². The Morgan fingerprint density at radius 2 is 1.86 bits per heavy atom. The third-order valence-electron chi connectivity index (χ3n) is 4.07. The zero-order chi connectivity index (χ0) is 10.1. The maximum Gasteiger partial charge on any atom is 0.104 e. The molecule has 3 atom stereocenters. The van der Waals surface area contributed by atoms with Gasteiger partial charge in [-0.1, -0.05) is 19.1 Å². The Bertz CT molecular complexity index is 218. The second-order valence-corrected chi connectivity index (χ2v) is 6.26. The van der Waals surface area contributed by atoms with Crippen LogP contribution < -0.4 is 0 Å². The van der Waals surface area contributed by atoms with E-state index in [-0.39, 0.29) is 0 Å². The maximum absolute atomic E-state index is 5.72. The molecule has 0 spiro atoms. The van der Waals surface area contributed by atoms with Crippen LogP contribution in [-0.2, 0) is 0 Å². The summed E-state index contributed by atoms with van der Waals surface area (Å²) >= 11 is 0. The molecule has 0 saturated heterocycles. The van der Waals surface area contributed by atoms with Crippen LogP contribution in [0.4, 0.5) is 0 Å². The molecule has 0 N–H and O–H groups in total. The smallest absolute Gasteiger partial charge is 0.104 e. The summed E-state index contributed by atoms with van der Waals surface area (Å²) in [5.41, 5.74) is 2.40. The van der Waals surface area contributed by atoms with E-state index in [9.17, 15) is 0 Å². The van der Waals surface area contributed by atoms with E-state index >= 15 is 0 Å². The van der Waals surface area contributed by atoms with Crippen molar-refractivity contribution in [1.82, 2.24) is 0 Å². The molecule has 2 aliphatic carbocycles. The Labute approximate surface area is 91.1 Å². The topological polar surface area (TPSA) is 0 Å². The molecule has 2 aliphatic rings. The number of allylic oxidation sites excluding steroid dienone is 1. The molecule has 3 unspecified atom stereocenters. The third-order valence-corrected chi connectivity index (χ3v) is 5.12. The molecule has 0 aromatic carbocycles. The Kier molecular flexibility index (Phi) is 3.37. The van der Waals surface area contributed by atoms with E-state index in [0.717, 1.165) is 23.4 Å². The Balaban J connectivity index is 1.80. The molecule has 14 heavy (non-hydrogen) atoms. The predicted molar refractivity (Wildman–Crippen MR) is 66.2 cm³/mol. The van der Waals surface area contributed by atoms with E-state index in [1.807, 2.05) is 0 Å². The zero-order valence-corrected chi connectivity index (χ0v) is 10.1. The standard InChI is InChI=1S/C12H20BP/c1-8-7-12(8)9(2)10-3-5-11(14-13)6-4-10/h8,10-12,14H,2-7H2,1H3. The van der Waals surface area contributed by atoms with Crippen LogP contribution in [0.25, 0.3) is 0 Å². The van der Waals surface area contributed by atoms with Gasteiger partial charge in [-0.15, -0.1) is 0 Å². The van der Waals surface area contributed by atoms with Crippen LogP contribution in [0.3, 0.4) is 0 Å². The highest BCUT2D eigenvalue weighted by atomic mass is 31.1. The molecule has 2 rings (SSSR count). The predicted octanol–water partition coefficient (Wildman–Crippen LogP) is 3.52. The zero-order valence-electron chi connectivity index (χ0n) is 9.13. The highest BCUT2D eigenvalue weighted by Crippen LogP contribution is 2.49. The second-order valence-electron chi connectivity index (χ2n) is 5.11. The Morgan fingerprint density at radius 3 is 2.29 bits per heavy atom. The summed E-state index contributed by atoms with van der Waals surface area (Å²) in [6.45, 7) is 6.66. The van der Waals surface area contributed by atoms with Gasteiger partial charge >= 0.3 is 0 Å². The largest absolute Gasteiger partial charge is 0.169 e. The maximum atomic E-state index is 5.72. The van der Waals surface area contributed by atoms with E-state index in [4.69, 9.17) is 7.57 Å². The van der Waals surface area contributed by atoms with Crippen LogP contribution in [0.15, 0.2) is 12.2 Å². The van der Waals surface area contributed by atoms with Crippen LogP contribution in [0, 0.1) is 17.8 Å². The molecule has 0 amide bonds. The minimum atomic E-state index is 0.666. The van der Waals surface area contributed by atoms with Crippen molar-refractivity contribution in [3.8, 4) is 0 Å². The monoisotopic (exact) mass is 206 g/mol. The Hall–Kier alpha value is 0.235. The summed E-state index contributed by atoms with van der Waals surface area (Å²) < 4.78 is 0. The number of hydrogen-bond donors (Lipinski definition) is 0. The van der Waals surface area contributed by atoms with Gasteiger partial charge in [-0.25, -0.2) is 0 Å². The molecule has 0 aromatic rings. The van der Waals surface area contributed by atoms with Crippen LogP contribution in [0.5, 0.6) is 0 Å². The van der Waals surface area contributed by atoms with Crippen LogP contribution in [0.2, 0.25) is 0 Å². The van der Waals surface area contributed by atoms with E-state index in [0.29, 0.717) is 8.46 Å². The van der Waals surface area contributed by atoms with Crippen LogP contribution >= 0.6 is 8.46 Å². The molecule has 76 valence electrons. The van der Waals surface area contributed by atoms with Crippen molar-refractivity contribution >= 4 is 16.0 Å². The quantitative estimate of drug-likeness (QED) is 0.376. The minimum absolute atomic E-state index is 0.666. The molecule has 0 heterocycles. The molecule has 2 fully saturated rings. The SMILES string of the molecule is [B]PC1CCC(C(=C)C2CC2C)CC1. The highest BCUT2D eigenvalue weighted by Gasteiger charge is 2.38. The van der Waals surface area contributed by atoms with Gasteiger partial charge in [-0.2, -0.15) is 8.46 Å². The molecule has 2 radical (unpaired) electrons. The fourth-order valence-corrected chi connectivity index (χ4v) is 3.44. The molecule has 0 bridgehead atoms. The first-order valence-electron chi connectivity index (χ1n) is 5.87. The summed E-state index contributed by atoms with van der Waals surface area (Å²) in [5, 5.41) is 0. The van der Waals surface area contributed by atoms with Gasteiger partial charge in [-0.3, -0.25) is 0 Å². The van der Waals surface area contributed by atoms with Gasteiger partial charge in [0, 0.05) is 0 Å². The van der Waals surface area contributed by atoms with Gasteiger partial charge in [0.25, 0.3) is 0 Å². The molecule has 2 heteroatoms. The van der Waals surface area contributed by atoms with Crippen molar-refractivity contribution in [2.45, 2.75) is 44.7 Å². The van der Waals surface area contributed by atoms with Gasteiger partial charge in [0.2, 0.25) is 0 Å². The van der Waals surface area contributed by atoms with Crippen molar-refractivity contribution in [3.63, 3.8) is 0 Å². The van der Waals surface area contributed by atoms with E-state index in [2.05, 4.69) is 13.5 Å². The first-order valence-corrected chi connectivity index (χ1v) is 7.02. The fraction of sp³-hybridized carbons (Fsp3) is 0.833. The average molecular weight is 206 g/mol. The van der Waals surface area contributed by atoms with Crippen molar-refractivity contribution in [1.29, 1.82) is 0 Å². The first-order chi connectivity index (χ1) is 6.72. The normalized spacial score (nSPS) is 42.9. The lowest BCUT2D eigenvalue weighted by Crippen LogP contribution is -2.17. The average Bonchev–Trinajstić information content (AvgIpc) is 2.95. The van der Waals surface area contributed by atoms with Gasteiger partial charge in [0.1, 0.15) is 7.57 Å². The first kappa shape index (κ1) is 10.7. The van der Waals surface area contributed by atoms with Crippen LogP contribution in [0.1, 0.15) is 39.0 Å². The van der Waals surface area contributed by atoms with Gasteiger partial charge in [0.15, 0.2) is 0 Å². The molecular formula is C12H20BP. The molecule has 0 nitrogen and oxygen atoms in total. The van der Waals surface area contributed by atoms with Crippen molar-refractivity contribution in [3.05, 3.63) is 12.2 Å². The second kappa shape index (κ2) is 4.39. The van der Waals surface area contributed by atoms with Crippen LogP contribution in [-0.4, -0.2) is 13.2 Å². The van der Waals surface area contributed by atoms with E-state index < -0.39 is 0 Å². The lowest BCUT2D eigenvalue weighted by molar-refractivity contribution is 0.397. The summed E-state index contributed by atoms with van der Waals surface area (Å²) in [4.78, 5) is 0. The van der Waals surface area contributed by atoms with Gasteiger partial charge in [-0.05, 0) is 55.5 Å². The Morgan fingerprint density at radius 1 is 1.29 bits per heavy atom. The fourth-order valence-electron chi connectivity index (χ4n) is 2.77. The molecular weight excluding hydrogens is 186 g/mol. The van der Waals surface area contributed by atoms with Gasteiger partial charge in [0.05, 0.1) is 0 Å². The highest BCUT2D eigenvalue weighted by molar-refractivity contribution is 7.66. The third kappa shape index (κ3) is 2.24. The minimum Gasteiger partial charge on any atom is -0.169 e. The number of hydrogen-bond acceptors (Lipinski definition) is 0. The summed E-state index contributed by atoms with van der Waals surface area (Å²) in [6.07, 6.45) is 6.81. The molecule has 0 aliphatic heterocycles. The van der Waals surface area contributed by atoms with Crippen molar-refractivity contribution < 1.29 is 0 Å². The lowest BCUT2D eigenvalue weighted by Gasteiger charge is -2.29. The van der Waals surface area contributed by atoms with E-state index in [1.165, 1.54) is 32.1 Å². The van der Waals surface area contributed by atoms with Gasteiger partial charge < -0.3 is 0 Å². The lowest BCUT2D eigenvalue weighted by atomic mass is 9.82.